The Morgan fingerprint density at radius 2 is 1.78 bits per heavy atom. The fraction of sp³-hybridized carbons (Fsp3) is 0.304. The number of nitro groups is 1. The average Bonchev–Trinajstić information content (AvgIpc) is 3.26. The fourth-order valence-electron chi connectivity index (χ4n) is 3.36. The van der Waals surface area contributed by atoms with Crippen molar-refractivity contribution in [1.29, 1.82) is 0 Å². The predicted molar refractivity (Wildman–Crippen MR) is 145 cm³/mol. The molecule has 0 saturated carbocycles. The lowest BCUT2D eigenvalue weighted by Gasteiger charge is -2.22. The number of thioether (sulfide) groups is 1. The summed E-state index contributed by atoms with van der Waals surface area (Å²) in [6.07, 6.45) is 0. The van der Waals surface area contributed by atoms with Crippen molar-refractivity contribution in [2.45, 2.75) is 38.5 Å². The van der Waals surface area contributed by atoms with Gasteiger partial charge in [-0.15, -0.1) is 10.2 Å². The molecule has 0 unspecified atom stereocenters. The predicted octanol–water partition coefficient (Wildman–Crippen LogP) is 6.02. The molecule has 0 spiro atoms. The first-order chi connectivity index (χ1) is 17.5. The molecule has 0 bridgehead atoms. The van der Waals surface area contributed by atoms with Gasteiger partial charge in [-0.25, -0.2) is 0 Å². The quantitative estimate of drug-likeness (QED) is 0.169. The Morgan fingerprint density at radius 3 is 2.41 bits per heavy atom. The van der Waals surface area contributed by atoms with Gasteiger partial charge in [0, 0.05) is 24.2 Å². The molecular weight excluding hydrogens is 563 g/mol. The zero-order chi connectivity index (χ0) is 27.3. The normalized spacial score (nSPS) is 11.9. The van der Waals surface area contributed by atoms with Crippen molar-refractivity contribution in [2.75, 3.05) is 11.1 Å². The van der Waals surface area contributed by atoms with Gasteiger partial charge in [-0.2, -0.15) is 0 Å². The Hall–Kier alpha value is -2.86. The molecule has 2 aromatic carbocycles. The van der Waals surface area contributed by atoms with Crippen molar-refractivity contribution in [3.8, 4) is 0 Å². The van der Waals surface area contributed by atoms with Crippen molar-refractivity contribution in [1.82, 2.24) is 20.1 Å². The fourth-order valence-corrected chi connectivity index (χ4v) is 4.64. The van der Waals surface area contributed by atoms with E-state index in [9.17, 15) is 19.7 Å². The molecule has 10 nitrogen and oxygen atoms in total. The van der Waals surface area contributed by atoms with E-state index in [-0.39, 0.29) is 39.0 Å². The summed E-state index contributed by atoms with van der Waals surface area (Å²) in [5, 5.41) is 26.4. The minimum atomic E-state index is -0.572. The van der Waals surface area contributed by atoms with Gasteiger partial charge in [-0.3, -0.25) is 19.7 Å². The summed E-state index contributed by atoms with van der Waals surface area (Å²) >= 11 is 19.2. The molecule has 1 aromatic heterocycles. The first-order valence-corrected chi connectivity index (χ1v) is 13.2. The van der Waals surface area contributed by atoms with Crippen LogP contribution in [0.3, 0.4) is 0 Å². The summed E-state index contributed by atoms with van der Waals surface area (Å²) in [4.78, 5) is 35.9. The van der Waals surface area contributed by atoms with Crippen LogP contribution in [0.25, 0.3) is 0 Å². The van der Waals surface area contributed by atoms with Crippen LogP contribution < -0.4 is 10.6 Å². The Balaban J connectivity index is 1.73. The number of anilines is 1. The first kappa shape index (κ1) is 28.7. The number of hydrogen-bond donors (Lipinski definition) is 2. The number of carbonyl (C=O) groups excluding carboxylic acids is 2. The number of amides is 2. The summed E-state index contributed by atoms with van der Waals surface area (Å²) in [6, 6.07) is 7.96. The van der Waals surface area contributed by atoms with Crippen LogP contribution >= 0.6 is 46.6 Å². The summed E-state index contributed by atoms with van der Waals surface area (Å²) in [5.41, 5.74) is 0.308. The first-order valence-electron chi connectivity index (χ1n) is 11.1. The number of non-ortho nitro benzene ring substituents is 1. The van der Waals surface area contributed by atoms with Crippen molar-refractivity contribution in [2.24, 2.45) is 5.92 Å². The minimum Gasteiger partial charge on any atom is -0.342 e. The van der Waals surface area contributed by atoms with E-state index in [1.807, 2.05) is 25.3 Å². The summed E-state index contributed by atoms with van der Waals surface area (Å²) < 4.78 is 1.82. The van der Waals surface area contributed by atoms with Crippen LogP contribution in [0.5, 0.6) is 0 Å². The summed E-state index contributed by atoms with van der Waals surface area (Å²) in [7, 11) is 0. The van der Waals surface area contributed by atoms with E-state index in [1.165, 1.54) is 24.3 Å². The molecule has 196 valence electrons. The number of nitrogens with zero attached hydrogens (tertiary/aromatic N) is 4. The van der Waals surface area contributed by atoms with Crippen LogP contribution in [0.2, 0.25) is 15.1 Å². The highest BCUT2D eigenvalue weighted by Gasteiger charge is 2.26. The monoisotopic (exact) mass is 584 g/mol. The van der Waals surface area contributed by atoms with E-state index < -0.39 is 16.9 Å². The number of nitrogens with one attached hydrogen (secondary N) is 2. The largest absolute Gasteiger partial charge is 0.342 e. The lowest BCUT2D eigenvalue weighted by Crippen LogP contribution is -2.33. The Morgan fingerprint density at radius 1 is 1.08 bits per heavy atom. The maximum absolute atomic E-state index is 12.9. The highest BCUT2D eigenvalue weighted by molar-refractivity contribution is 7.99. The van der Waals surface area contributed by atoms with E-state index in [0.29, 0.717) is 28.1 Å². The number of benzene rings is 2. The van der Waals surface area contributed by atoms with Crippen molar-refractivity contribution >= 4 is 69.8 Å². The molecule has 1 atom stereocenters. The maximum Gasteiger partial charge on any atom is 0.271 e. The second-order valence-electron chi connectivity index (χ2n) is 8.17. The molecule has 3 aromatic rings. The SMILES string of the molecule is CCn1c(SCC(=O)Nc2cc([N+](=O)[O-])ccc2Cl)nnc1[C@@H](NC(=O)c1ccc(Cl)c(Cl)c1)C(C)C. The van der Waals surface area contributed by atoms with Crippen LogP contribution in [-0.4, -0.2) is 37.3 Å². The third-order valence-corrected chi connectivity index (χ3v) is 7.28. The zero-order valence-electron chi connectivity index (χ0n) is 20.0. The van der Waals surface area contributed by atoms with E-state index >= 15 is 0 Å². The molecule has 0 aliphatic rings. The molecule has 0 aliphatic heterocycles. The number of halogens is 3. The van der Waals surface area contributed by atoms with E-state index in [0.717, 1.165) is 11.8 Å². The second-order valence-corrected chi connectivity index (χ2v) is 10.3. The van der Waals surface area contributed by atoms with E-state index in [2.05, 4.69) is 20.8 Å². The van der Waals surface area contributed by atoms with Crippen LogP contribution in [0.1, 0.15) is 43.0 Å². The van der Waals surface area contributed by atoms with Crippen molar-refractivity contribution in [3.05, 3.63) is 73.0 Å². The smallest absolute Gasteiger partial charge is 0.271 e. The molecule has 2 amide bonds. The number of carbonyl (C=O) groups is 2. The van der Waals surface area contributed by atoms with Gasteiger partial charge in [0.05, 0.1) is 37.5 Å². The van der Waals surface area contributed by atoms with Gasteiger partial charge in [0.2, 0.25) is 5.91 Å². The van der Waals surface area contributed by atoms with E-state index in [4.69, 9.17) is 34.8 Å². The van der Waals surface area contributed by atoms with Crippen LogP contribution in [0, 0.1) is 16.0 Å². The Labute approximate surface area is 232 Å². The summed E-state index contributed by atoms with van der Waals surface area (Å²) in [5.74, 6) is -0.300. The van der Waals surface area contributed by atoms with Gasteiger partial charge in [-0.1, -0.05) is 60.4 Å². The van der Waals surface area contributed by atoms with Gasteiger partial charge < -0.3 is 15.2 Å². The Bertz CT molecular complexity index is 1330. The lowest BCUT2D eigenvalue weighted by atomic mass is 10.0. The van der Waals surface area contributed by atoms with Gasteiger partial charge >= 0.3 is 0 Å². The highest BCUT2D eigenvalue weighted by Crippen LogP contribution is 2.29. The lowest BCUT2D eigenvalue weighted by molar-refractivity contribution is -0.384. The molecule has 1 heterocycles. The highest BCUT2D eigenvalue weighted by atomic mass is 35.5. The number of nitro benzene ring substituents is 1. The Kier molecular flexibility index (Phi) is 9.77. The van der Waals surface area contributed by atoms with Crippen LogP contribution in [0.15, 0.2) is 41.6 Å². The standard InChI is InChI=1S/C23H23Cl3N6O4S/c1-4-31-21(20(12(2)3)28-22(34)13-5-7-15(24)17(26)9-13)29-30-23(31)37-11-19(33)27-18-10-14(32(35)36)6-8-16(18)25/h5-10,12,20H,4,11H2,1-3H3,(H,27,33)(H,28,34)/t20-/m0/s1. The summed E-state index contributed by atoms with van der Waals surface area (Å²) in [6.45, 7) is 6.28. The van der Waals surface area contributed by atoms with Crippen molar-refractivity contribution in [3.63, 3.8) is 0 Å². The maximum atomic E-state index is 12.9. The third-order valence-electron chi connectivity index (χ3n) is 5.24. The molecule has 0 saturated heterocycles. The van der Waals surface area contributed by atoms with Crippen LogP contribution in [-0.2, 0) is 11.3 Å². The molecule has 3 rings (SSSR count). The van der Waals surface area contributed by atoms with Crippen LogP contribution in [0.4, 0.5) is 11.4 Å². The average molecular weight is 586 g/mol. The minimum absolute atomic E-state index is 0.0293. The number of hydrogen-bond acceptors (Lipinski definition) is 7. The van der Waals surface area contributed by atoms with Gasteiger partial charge in [0.25, 0.3) is 11.6 Å². The number of rotatable bonds is 10. The molecule has 0 aliphatic carbocycles. The topological polar surface area (TPSA) is 132 Å². The molecule has 37 heavy (non-hydrogen) atoms. The molecule has 14 heteroatoms. The van der Waals surface area contributed by atoms with E-state index in [1.54, 1.807) is 12.1 Å². The molecule has 2 N–H and O–H groups in total. The molecule has 0 radical (unpaired) electrons. The van der Waals surface area contributed by atoms with Crippen molar-refractivity contribution < 1.29 is 14.5 Å². The molecular formula is C23H23Cl3N6O4S. The second kappa shape index (κ2) is 12.6. The zero-order valence-corrected chi connectivity index (χ0v) is 23.1. The van der Waals surface area contributed by atoms with Gasteiger partial charge in [0.15, 0.2) is 11.0 Å². The molecule has 0 fully saturated rings. The third kappa shape index (κ3) is 7.13. The number of aromatic nitrogens is 3. The van der Waals surface area contributed by atoms with Gasteiger partial charge in [0.1, 0.15) is 0 Å². The van der Waals surface area contributed by atoms with Gasteiger partial charge in [-0.05, 0) is 37.1 Å².